The lowest BCUT2D eigenvalue weighted by Crippen LogP contribution is -2.11. The Morgan fingerprint density at radius 1 is 1.14 bits per heavy atom. The van der Waals surface area contributed by atoms with Crippen LogP contribution >= 0.6 is 0 Å². The Balaban J connectivity index is 2.26. The fourth-order valence-electron chi connectivity index (χ4n) is 2.06. The van der Waals surface area contributed by atoms with E-state index in [-0.39, 0.29) is 16.9 Å². The summed E-state index contributed by atoms with van der Waals surface area (Å²) in [6.45, 7) is 3.96. The Morgan fingerprint density at radius 2 is 1.86 bits per heavy atom. The van der Waals surface area contributed by atoms with Gasteiger partial charge in [-0.2, -0.15) is 19.5 Å². The predicted octanol–water partition coefficient (Wildman–Crippen LogP) is 0.789. The standard InChI is InChI=1S/C13H14N6O2S/c1-7-5-4-6-9(8(7)2)10-15-12-17-13(22(3,20)21)16-11(14)19(12)18-10/h4-6H,1-3H3,(H2,14,15,16,17,18). The Labute approximate surface area is 127 Å². The molecule has 0 spiro atoms. The van der Waals surface area contributed by atoms with E-state index >= 15 is 0 Å². The van der Waals surface area contributed by atoms with Crippen LogP contribution in [0.15, 0.2) is 23.4 Å². The number of rotatable bonds is 2. The van der Waals surface area contributed by atoms with Crippen LogP contribution in [0.3, 0.4) is 0 Å². The Bertz CT molecular complexity index is 993. The lowest BCUT2D eigenvalue weighted by molar-refractivity contribution is 0.592. The molecule has 2 N–H and O–H groups in total. The fourth-order valence-corrected chi connectivity index (χ4v) is 2.57. The summed E-state index contributed by atoms with van der Waals surface area (Å²) in [5.74, 6) is 0.450. The molecule has 0 saturated heterocycles. The summed E-state index contributed by atoms with van der Waals surface area (Å²) in [5, 5.41) is 3.90. The summed E-state index contributed by atoms with van der Waals surface area (Å²) in [4.78, 5) is 12.0. The summed E-state index contributed by atoms with van der Waals surface area (Å²) >= 11 is 0. The number of aryl methyl sites for hydroxylation is 1. The van der Waals surface area contributed by atoms with E-state index in [2.05, 4.69) is 20.1 Å². The molecule has 114 valence electrons. The first-order valence-corrected chi connectivity index (χ1v) is 8.33. The van der Waals surface area contributed by atoms with Crippen molar-refractivity contribution >= 4 is 21.6 Å². The van der Waals surface area contributed by atoms with Crippen LogP contribution in [0.5, 0.6) is 0 Å². The lowest BCUT2D eigenvalue weighted by atomic mass is 10.0. The van der Waals surface area contributed by atoms with Gasteiger partial charge in [0.25, 0.3) is 10.9 Å². The molecule has 0 aliphatic rings. The second-order valence-corrected chi connectivity index (χ2v) is 6.94. The van der Waals surface area contributed by atoms with Crippen LogP contribution in [0.25, 0.3) is 17.2 Å². The molecule has 2 heterocycles. The third kappa shape index (κ3) is 2.29. The van der Waals surface area contributed by atoms with E-state index < -0.39 is 9.84 Å². The predicted molar refractivity (Wildman–Crippen MR) is 81.0 cm³/mol. The maximum absolute atomic E-state index is 11.6. The van der Waals surface area contributed by atoms with Gasteiger partial charge in [-0.05, 0) is 25.0 Å². The second-order valence-electron chi connectivity index (χ2n) is 5.03. The van der Waals surface area contributed by atoms with Crippen LogP contribution in [0.4, 0.5) is 5.95 Å². The second kappa shape index (κ2) is 4.73. The lowest BCUT2D eigenvalue weighted by Gasteiger charge is -2.03. The van der Waals surface area contributed by atoms with Crippen LogP contribution in [0.2, 0.25) is 0 Å². The molecule has 0 saturated carbocycles. The smallest absolute Gasteiger partial charge is 0.258 e. The molecule has 0 aliphatic carbocycles. The molecular formula is C13H14N6O2S. The average molecular weight is 318 g/mol. The summed E-state index contributed by atoms with van der Waals surface area (Å²) in [6.07, 6.45) is 1.01. The first-order chi connectivity index (χ1) is 10.3. The van der Waals surface area contributed by atoms with E-state index in [1.54, 1.807) is 0 Å². The minimum absolute atomic E-state index is 0.0746. The number of nitrogens with two attached hydrogens (primary N) is 1. The molecule has 0 amide bonds. The molecule has 0 atom stereocenters. The Hall–Kier alpha value is -2.55. The van der Waals surface area contributed by atoms with Gasteiger partial charge < -0.3 is 5.73 Å². The Kier molecular flexibility index (Phi) is 3.10. The number of hydrogen-bond acceptors (Lipinski definition) is 7. The zero-order valence-corrected chi connectivity index (χ0v) is 13.1. The summed E-state index contributed by atoms with van der Waals surface area (Å²) < 4.78 is 24.4. The maximum atomic E-state index is 11.6. The number of anilines is 1. The van der Waals surface area contributed by atoms with E-state index in [0.29, 0.717) is 5.82 Å². The van der Waals surface area contributed by atoms with Gasteiger partial charge in [-0.15, -0.1) is 5.10 Å². The van der Waals surface area contributed by atoms with Gasteiger partial charge >= 0.3 is 0 Å². The van der Waals surface area contributed by atoms with E-state index in [4.69, 9.17) is 5.73 Å². The van der Waals surface area contributed by atoms with Crippen molar-refractivity contribution in [1.29, 1.82) is 0 Å². The number of fused-ring (bicyclic) bond motifs is 1. The molecule has 2 aromatic heterocycles. The number of sulfone groups is 1. The highest BCUT2D eigenvalue weighted by molar-refractivity contribution is 7.90. The molecule has 0 radical (unpaired) electrons. The topological polar surface area (TPSA) is 116 Å². The van der Waals surface area contributed by atoms with Crippen molar-refractivity contribution in [3.8, 4) is 11.4 Å². The van der Waals surface area contributed by atoms with Crippen molar-refractivity contribution in [3.05, 3.63) is 29.3 Å². The first kappa shape index (κ1) is 14.4. The van der Waals surface area contributed by atoms with Gasteiger partial charge in [0.1, 0.15) is 0 Å². The highest BCUT2D eigenvalue weighted by Crippen LogP contribution is 2.23. The van der Waals surface area contributed by atoms with E-state index in [1.165, 1.54) is 4.52 Å². The number of hydrogen-bond donors (Lipinski definition) is 1. The summed E-state index contributed by atoms with van der Waals surface area (Å²) in [6, 6.07) is 5.78. The van der Waals surface area contributed by atoms with Crippen molar-refractivity contribution in [2.45, 2.75) is 19.0 Å². The van der Waals surface area contributed by atoms with Crippen LogP contribution in [-0.2, 0) is 9.84 Å². The van der Waals surface area contributed by atoms with Crippen LogP contribution < -0.4 is 5.73 Å². The highest BCUT2D eigenvalue weighted by Gasteiger charge is 2.18. The molecule has 3 aromatic rings. The van der Waals surface area contributed by atoms with Gasteiger partial charge in [0.2, 0.25) is 15.8 Å². The van der Waals surface area contributed by atoms with Crippen molar-refractivity contribution in [3.63, 3.8) is 0 Å². The van der Waals surface area contributed by atoms with Gasteiger partial charge in [0.05, 0.1) is 0 Å². The zero-order valence-electron chi connectivity index (χ0n) is 12.3. The monoisotopic (exact) mass is 318 g/mol. The molecule has 0 bridgehead atoms. The van der Waals surface area contributed by atoms with Gasteiger partial charge in [-0.25, -0.2) is 8.42 Å². The number of aromatic nitrogens is 5. The molecule has 0 fully saturated rings. The van der Waals surface area contributed by atoms with Gasteiger partial charge in [-0.3, -0.25) is 0 Å². The SMILES string of the molecule is Cc1cccc(-c2nc3nc(S(C)(=O)=O)nc(N)n3n2)c1C. The number of nitrogens with zero attached hydrogens (tertiary/aromatic N) is 5. The highest BCUT2D eigenvalue weighted by atomic mass is 32.2. The zero-order chi connectivity index (χ0) is 16.1. The van der Waals surface area contributed by atoms with Crippen molar-refractivity contribution < 1.29 is 8.42 Å². The van der Waals surface area contributed by atoms with E-state index in [9.17, 15) is 8.42 Å². The summed E-state index contributed by atoms with van der Waals surface area (Å²) in [7, 11) is -3.57. The molecule has 0 unspecified atom stereocenters. The third-order valence-electron chi connectivity index (χ3n) is 3.39. The third-order valence-corrected chi connectivity index (χ3v) is 4.24. The number of benzene rings is 1. The molecule has 0 aliphatic heterocycles. The van der Waals surface area contributed by atoms with Gasteiger partial charge in [0, 0.05) is 11.8 Å². The van der Waals surface area contributed by atoms with Crippen molar-refractivity contribution in [2.75, 3.05) is 12.0 Å². The van der Waals surface area contributed by atoms with Crippen LogP contribution in [-0.4, -0.2) is 39.2 Å². The first-order valence-electron chi connectivity index (χ1n) is 6.44. The largest absolute Gasteiger partial charge is 0.368 e. The maximum Gasteiger partial charge on any atom is 0.258 e. The van der Waals surface area contributed by atoms with Gasteiger partial charge in [-0.1, -0.05) is 18.2 Å². The van der Waals surface area contributed by atoms with E-state index in [1.807, 2.05) is 32.0 Å². The fraction of sp³-hybridized carbons (Fsp3) is 0.231. The minimum Gasteiger partial charge on any atom is -0.368 e. The molecule has 9 heteroatoms. The molecule has 1 aromatic carbocycles. The summed E-state index contributed by atoms with van der Waals surface area (Å²) in [5.41, 5.74) is 8.74. The number of nitrogen functional groups attached to an aromatic ring is 1. The Morgan fingerprint density at radius 3 is 2.55 bits per heavy atom. The quantitative estimate of drug-likeness (QED) is 0.742. The van der Waals surface area contributed by atoms with Crippen molar-refractivity contribution in [1.82, 2.24) is 24.6 Å². The molecule has 22 heavy (non-hydrogen) atoms. The normalized spacial score (nSPS) is 12.0. The molecule has 8 nitrogen and oxygen atoms in total. The van der Waals surface area contributed by atoms with E-state index in [0.717, 1.165) is 22.9 Å². The molecular weight excluding hydrogens is 304 g/mol. The van der Waals surface area contributed by atoms with Crippen molar-refractivity contribution in [2.24, 2.45) is 0 Å². The van der Waals surface area contributed by atoms with Crippen LogP contribution in [0.1, 0.15) is 11.1 Å². The molecule has 3 rings (SSSR count). The van der Waals surface area contributed by atoms with Crippen LogP contribution in [0, 0.1) is 13.8 Å². The van der Waals surface area contributed by atoms with Gasteiger partial charge in [0.15, 0.2) is 5.82 Å². The minimum atomic E-state index is -3.57. The average Bonchev–Trinajstić information content (AvgIpc) is 2.85.